The summed E-state index contributed by atoms with van der Waals surface area (Å²) >= 11 is 0. The molecule has 1 aliphatic heterocycles. The summed E-state index contributed by atoms with van der Waals surface area (Å²) < 4.78 is 0. The van der Waals surface area contributed by atoms with Crippen LogP contribution in [0.25, 0.3) is 0 Å². The first kappa shape index (κ1) is 12.2. The van der Waals surface area contributed by atoms with E-state index in [0.29, 0.717) is 11.4 Å². The first-order chi connectivity index (χ1) is 9.00. The molecule has 2 unspecified atom stereocenters. The molecule has 2 N–H and O–H groups in total. The Morgan fingerprint density at radius 2 is 1.63 bits per heavy atom. The molecule has 0 aromatic heterocycles. The Morgan fingerprint density at radius 3 is 2.21 bits per heavy atom. The van der Waals surface area contributed by atoms with Crippen LogP contribution < -0.4 is 10.6 Å². The van der Waals surface area contributed by atoms with Gasteiger partial charge in [0.15, 0.2) is 0 Å². The van der Waals surface area contributed by atoms with Gasteiger partial charge in [-0.05, 0) is 49.9 Å². The lowest BCUT2D eigenvalue weighted by atomic mass is 10.00. The van der Waals surface area contributed by atoms with Crippen LogP contribution >= 0.6 is 0 Å². The van der Waals surface area contributed by atoms with Gasteiger partial charge in [-0.15, -0.1) is 0 Å². The molecule has 0 radical (unpaired) electrons. The van der Waals surface area contributed by atoms with E-state index in [1.165, 1.54) is 4.90 Å². The van der Waals surface area contributed by atoms with Crippen LogP contribution in [0.4, 0.5) is 11.4 Å². The number of nitrogen functional groups attached to an aromatic ring is 1. The number of hydrogen-bond donors (Lipinski definition) is 1. The molecule has 1 aromatic carbocycles. The Balaban J connectivity index is 2.06. The van der Waals surface area contributed by atoms with Gasteiger partial charge < -0.3 is 5.73 Å². The van der Waals surface area contributed by atoms with E-state index in [4.69, 9.17) is 5.73 Å². The van der Waals surface area contributed by atoms with Gasteiger partial charge in [0.25, 0.3) is 0 Å². The van der Waals surface area contributed by atoms with Crippen molar-refractivity contribution in [2.45, 2.75) is 33.1 Å². The van der Waals surface area contributed by atoms with Gasteiger partial charge in [-0.3, -0.25) is 9.59 Å². The van der Waals surface area contributed by atoms with Crippen molar-refractivity contribution in [1.29, 1.82) is 0 Å². The van der Waals surface area contributed by atoms with E-state index >= 15 is 0 Å². The average molecular weight is 258 g/mol. The number of carbonyl (C=O) groups excluding carboxylic acids is 2. The molecule has 1 heterocycles. The summed E-state index contributed by atoms with van der Waals surface area (Å²) in [5.41, 5.74) is 9.04. The van der Waals surface area contributed by atoms with Crippen molar-refractivity contribution in [3.05, 3.63) is 23.3 Å². The minimum absolute atomic E-state index is 0.0280. The standard InChI is InChI=1S/C15H18N2O2/c1-8-7-13(9(2)6-12(8)16)17-14(18)10-4-3-5-11(10)15(17)19/h6-7,10-11H,3-5,16H2,1-2H3. The Labute approximate surface area is 112 Å². The van der Waals surface area contributed by atoms with E-state index in [1.807, 2.05) is 26.0 Å². The lowest BCUT2D eigenvalue weighted by Gasteiger charge is -2.19. The predicted molar refractivity (Wildman–Crippen MR) is 73.7 cm³/mol. The van der Waals surface area contributed by atoms with Crippen molar-refractivity contribution >= 4 is 23.2 Å². The lowest BCUT2D eigenvalue weighted by molar-refractivity contribution is -0.122. The fraction of sp³-hybridized carbons (Fsp3) is 0.467. The maximum atomic E-state index is 12.4. The Kier molecular flexibility index (Phi) is 2.62. The van der Waals surface area contributed by atoms with Crippen molar-refractivity contribution < 1.29 is 9.59 Å². The number of rotatable bonds is 1. The molecule has 2 amide bonds. The zero-order valence-electron chi connectivity index (χ0n) is 11.3. The summed E-state index contributed by atoms with van der Waals surface area (Å²) in [7, 11) is 0. The number of aryl methyl sites for hydroxylation is 2. The fourth-order valence-corrected chi connectivity index (χ4v) is 3.29. The van der Waals surface area contributed by atoms with Gasteiger partial charge >= 0.3 is 0 Å². The van der Waals surface area contributed by atoms with Crippen LogP contribution in [0.5, 0.6) is 0 Å². The van der Waals surface area contributed by atoms with Gasteiger partial charge in [0.2, 0.25) is 11.8 Å². The molecular weight excluding hydrogens is 240 g/mol. The largest absolute Gasteiger partial charge is 0.399 e. The molecule has 1 saturated heterocycles. The molecule has 2 aliphatic rings. The molecular formula is C15H18N2O2. The molecule has 2 fully saturated rings. The monoisotopic (exact) mass is 258 g/mol. The van der Waals surface area contributed by atoms with Gasteiger partial charge in [0, 0.05) is 5.69 Å². The highest BCUT2D eigenvalue weighted by Gasteiger charge is 2.50. The number of imide groups is 1. The second-order valence-electron chi connectivity index (χ2n) is 5.65. The number of hydrogen-bond acceptors (Lipinski definition) is 3. The highest BCUT2D eigenvalue weighted by Crippen LogP contribution is 2.42. The predicted octanol–water partition coefficient (Wildman–Crippen LogP) is 2.18. The summed E-state index contributed by atoms with van der Waals surface area (Å²) in [5, 5.41) is 0. The van der Waals surface area contributed by atoms with Crippen molar-refractivity contribution in [3.63, 3.8) is 0 Å². The van der Waals surface area contributed by atoms with Crippen molar-refractivity contribution in [2.24, 2.45) is 11.8 Å². The van der Waals surface area contributed by atoms with Gasteiger partial charge in [-0.25, -0.2) is 4.90 Å². The van der Waals surface area contributed by atoms with E-state index in [1.54, 1.807) is 0 Å². The lowest BCUT2D eigenvalue weighted by Crippen LogP contribution is -2.32. The Hall–Kier alpha value is -1.84. The highest BCUT2D eigenvalue weighted by molar-refractivity contribution is 6.22. The number of benzene rings is 1. The maximum absolute atomic E-state index is 12.4. The molecule has 4 nitrogen and oxygen atoms in total. The van der Waals surface area contributed by atoms with Crippen molar-refractivity contribution in [3.8, 4) is 0 Å². The van der Waals surface area contributed by atoms with Gasteiger partial charge in [0.05, 0.1) is 17.5 Å². The molecule has 0 bridgehead atoms. The average Bonchev–Trinajstić information content (AvgIpc) is 2.91. The number of fused-ring (bicyclic) bond motifs is 1. The number of nitrogens with two attached hydrogens (primary N) is 1. The normalized spacial score (nSPS) is 26.1. The van der Waals surface area contributed by atoms with Crippen molar-refractivity contribution in [1.82, 2.24) is 0 Å². The summed E-state index contributed by atoms with van der Waals surface area (Å²) in [6.45, 7) is 3.78. The van der Waals surface area contributed by atoms with Crippen LogP contribution in [0, 0.1) is 25.7 Å². The molecule has 4 heteroatoms. The van der Waals surface area contributed by atoms with Crippen LogP contribution in [0.2, 0.25) is 0 Å². The molecule has 2 atom stereocenters. The summed E-state index contributed by atoms with van der Waals surface area (Å²) in [4.78, 5) is 26.2. The second kappa shape index (κ2) is 4.08. The van der Waals surface area contributed by atoms with E-state index < -0.39 is 0 Å². The van der Waals surface area contributed by atoms with Crippen molar-refractivity contribution in [2.75, 3.05) is 10.6 Å². The van der Waals surface area contributed by atoms with Gasteiger partial charge in [-0.2, -0.15) is 0 Å². The van der Waals surface area contributed by atoms with Crippen LogP contribution in [0.15, 0.2) is 12.1 Å². The number of anilines is 2. The highest BCUT2D eigenvalue weighted by atomic mass is 16.2. The Bertz CT molecular complexity index is 558. The second-order valence-corrected chi connectivity index (χ2v) is 5.65. The van der Waals surface area contributed by atoms with Crippen LogP contribution in [0.3, 0.4) is 0 Å². The number of carbonyl (C=O) groups is 2. The van der Waals surface area contributed by atoms with E-state index in [2.05, 4.69) is 0 Å². The molecule has 1 aromatic rings. The topological polar surface area (TPSA) is 63.4 Å². The third-order valence-electron chi connectivity index (χ3n) is 4.42. The van der Waals surface area contributed by atoms with E-state index in [0.717, 1.165) is 30.4 Å². The number of amides is 2. The van der Waals surface area contributed by atoms with Crippen LogP contribution in [0.1, 0.15) is 30.4 Å². The zero-order chi connectivity index (χ0) is 13.7. The Morgan fingerprint density at radius 1 is 1.05 bits per heavy atom. The van der Waals surface area contributed by atoms with E-state index in [-0.39, 0.29) is 23.7 Å². The van der Waals surface area contributed by atoms with Gasteiger partial charge in [0.1, 0.15) is 0 Å². The third kappa shape index (κ3) is 1.66. The van der Waals surface area contributed by atoms with E-state index in [9.17, 15) is 9.59 Å². The quantitative estimate of drug-likeness (QED) is 0.620. The maximum Gasteiger partial charge on any atom is 0.237 e. The molecule has 1 saturated carbocycles. The molecule has 100 valence electrons. The summed E-state index contributed by atoms with van der Waals surface area (Å²) in [6, 6.07) is 3.68. The summed E-state index contributed by atoms with van der Waals surface area (Å²) in [5.74, 6) is -0.242. The minimum Gasteiger partial charge on any atom is -0.399 e. The number of nitrogens with zero attached hydrogens (tertiary/aromatic N) is 1. The molecule has 0 spiro atoms. The third-order valence-corrected chi connectivity index (χ3v) is 4.42. The first-order valence-corrected chi connectivity index (χ1v) is 6.75. The minimum atomic E-state index is -0.0928. The van der Waals surface area contributed by atoms with Gasteiger partial charge in [-0.1, -0.05) is 6.42 Å². The zero-order valence-corrected chi connectivity index (χ0v) is 11.3. The van der Waals surface area contributed by atoms with Crippen LogP contribution in [-0.2, 0) is 9.59 Å². The fourth-order valence-electron chi connectivity index (χ4n) is 3.29. The summed E-state index contributed by atoms with van der Waals surface area (Å²) in [6.07, 6.45) is 2.68. The first-order valence-electron chi connectivity index (χ1n) is 6.75. The van der Waals surface area contributed by atoms with Crippen LogP contribution in [-0.4, -0.2) is 11.8 Å². The molecule has 3 rings (SSSR count). The SMILES string of the molecule is Cc1cc(N2C(=O)C3CCCC3C2=O)c(C)cc1N. The molecule has 1 aliphatic carbocycles. The smallest absolute Gasteiger partial charge is 0.237 e. The molecule has 19 heavy (non-hydrogen) atoms.